The van der Waals surface area contributed by atoms with E-state index in [1.807, 2.05) is 59.2 Å². The molecule has 1 saturated heterocycles. The number of para-hydroxylation sites is 2. The van der Waals surface area contributed by atoms with Gasteiger partial charge in [-0.15, -0.1) is 0 Å². The topological polar surface area (TPSA) is 61.9 Å². The Hall–Kier alpha value is -3.02. The van der Waals surface area contributed by atoms with E-state index >= 15 is 0 Å². The van der Waals surface area contributed by atoms with Crippen LogP contribution in [0.25, 0.3) is 0 Å². The molecular weight excluding hydrogens is 390 g/mol. The van der Waals surface area contributed by atoms with Gasteiger partial charge >= 0.3 is 6.03 Å². The van der Waals surface area contributed by atoms with Crippen LogP contribution in [0.5, 0.6) is 5.75 Å². The summed E-state index contributed by atoms with van der Waals surface area (Å²) < 4.78 is 5.86. The number of aryl methyl sites for hydroxylation is 1. The van der Waals surface area contributed by atoms with E-state index in [4.69, 9.17) is 4.74 Å². The number of fused-ring (bicyclic) bond motifs is 1. The molecular formula is C25H31N3O3. The standard InChI is InChI=1S/C25H31N3O3/c1-19-18-28(22-11-5-6-12-23(22)31-19)25(30)27-16-13-21(14-17-27)24(29)26-15-7-10-20-8-3-2-4-9-20/h2-6,8-9,11-12,19,21H,7,10,13-18H2,1H3,(H,26,29)/t19-/m1/s1. The largest absolute Gasteiger partial charge is 0.487 e. The number of urea groups is 1. The van der Waals surface area contributed by atoms with Crippen LogP contribution in [0, 0.1) is 5.92 Å². The molecule has 2 heterocycles. The highest BCUT2D eigenvalue weighted by atomic mass is 16.5. The number of likely N-dealkylation sites (tertiary alicyclic amines) is 1. The second-order valence-electron chi connectivity index (χ2n) is 8.43. The Labute approximate surface area is 184 Å². The first-order valence-corrected chi connectivity index (χ1v) is 11.3. The summed E-state index contributed by atoms with van der Waals surface area (Å²) in [5.41, 5.74) is 2.12. The van der Waals surface area contributed by atoms with Crippen LogP contribution in [0.15, 0.2) is 54.6 Å². The van der Waals surface area contributed by atoms with Gasteiger partial charge in [-0.05, 0) is 50.3 Å². The Morgan fingerprint density at radius 3 is 2.52 bits per heavy atom. The maximum absolute atomic E-state index is 13.2. The van der Waals surface area contributed by atoms with E-state index in [2.05, 4.69) is 17.4 Å². The van der Waals surface area contributed by atoms with Crippen LogP contribution in [0.1, 0.15) is 31.7 Å². The quantitative estimate of drug-likeness (QED) is 0.746. The van der Waals surface area contributed by atoms with E-state index in [1.54, 1.807) is 0 Å². The number of amides is 3. The Balaban J connectivity index is 1.24. The number of rotatable bonds is 5. The third-order valence-corrected chi connectivity index (χ3v) is 6.08. The molecule has 0 spiro atoms. The molecule has 0 bridgehead atoms. The monoisotopic (exact) mass is 421 g/mol. The van der Waals surface area contributed by atoms with Crippen molar-refractivity contribution in [3.8, 4) is 5.75 Å². The van der Waals surface area contributed by atoms with Crippen molar-refractivity contribution < 1.29 is 14.3 Å². The molecule has 2 aliphatic rings. The van der Waals surface area contributed by atoms with Gasteiger partial charge < -0.3 is 15.0 Å². The van der Waals surface area contributed by atoms with Crippen molar-refractivity contribution in [2.75, 3.05) is 31.1 Å². The van der Waals surface area contributed by atoms with Crippen LogP contribution < -0.4 is 15.0 Å². The van der Waals surface area contributed by atoms with Gasteiger partial charge in [0, 0.05) is 25.6 Å². The number of anilines is 1. The van der Waals surface area contributed by atoms with E-state index < -0.39 is 0 Å². The third-order valence-electron chi connectivity index (χ3n) is 6.08. The lowest BCUT2D eigenvalue weighted by molar-refractivity contribution is -0.126. The molecule has 2 aromatic rings. The second kappa shape index (κ2) is 9.86. The average Bonchev–Trinajstić information content (AvgIpc) is 2.81. The number of ether oxygens (including phenoxy) is 1. The maximum atomic E-state index is 13.2. The molecule has 0 aliphatic carbocycles. The van der Waals surface area contributed by atoms with Crippen LogP contribution in [-0.2, 0) is 11.2 Å². The van der Waals surface area contributed by atoms with Gasteiger partial charge in [0.25, 0.3) is 0 Å². The van der Waals surface area contributed by atoms with Crippen LogP contribution in [0.2, 0.25) is 0 Å². The van der Waals surface area contributed by atoms with Gasteiger partial charge in [-0.1, -0.05) is 42.5 Å². The molecule has 1 atom stereocenters. The fourth-order valence-electron chi connectivity index (χ4n) is 4.37. The normalized spacial score (nSPS) is 18.8. The van der Waals surface area contributed by atoms with Gasteiger partial charge in [-0.25, -0.2) is 4.79 Å². The molecule has 1 fully saturated rings. The summed E-state index contributed by atoms with van der Waals surface area (Å²) in [5.74, 6) is 0.849. The van der Waals surface area contributed by atoms with Crippen LogP contribution in [0.3, 0.4) is 0 Å². The molecule has 0 saturated carbocycles. The number of hydrogen-bond acceptors (Lipinski definition) is 3. The number of benzene rings is 2. The predicted octanol–water partition coefficient (Wildman–Crippen LogP) is 3.85. The van der Waals surface area contributed by atoms with Gasteiger partial charge in [0.15, 0.2) is 0 Å². The molecule has 2 aromatic carbocycles. The summed E-state index contributed by atoms with van der Waals surface area (Å²) in [6.45, 7) is 4.42. The molecule has 3 amide bonds. The van der Waals surface area contributed by atoms with Crippen LogP contribution in [0.4, 0.5) is 10.5 Å². The summed E-state index contributed by atoms with van der Waals surface area (Å²) in [6.07, 6.45) is 3.27. The molecule has 6 heteroatoms. The second-order valence-corrected chi connectivity index (χ2v) is 8.43. The summed E-state index contributed by atoms with van der Waals surface area (Å²) in [4.78, 5) is 29.4. The first-order valence-electron chi connectivity index (χ1n) is 11.3. The first kappa shape index (κ1) is 21.2. The number of hydrogen-bond donors (Lipinski definition) is 1. The number of nitrogens with zero attached hydrogens (tertiary/aromatic N) is 2. The van der Waals surface area contributed by atoms with E-state index in [9.17, 15) is 9.59 Å². The molecule has 0 unspecified atom stereocenters. The van der Waals surface area contributed by atoms with E-state index in [0.717, 1.165) is 24.3 Å². The highest BCUT2D eigenvalue weighted by Crippen LogP contribution is 2.34. The van der Waals surface area contributed by atoms with Crippen molar-refractivity contribution in [1.29, 1.82) is 0 Å². The Morgan fingerprint density at radius 1 is 1.03 bits per heavy atom. The Kier molecular flexibility index (Phi) is 6.75. The average molecular weight is 422 g/mol. The minimum atomic E-state index is -0.0435. The Bertz CT molecular complexity index is 894. The molecule has 1 N–H and O–H groups in total. The number of piperidine rings is 1. The van der Waals surface area contributed by atoms with Gasteiger partial charge in [0.1, 0.15) is 11.9 Å². The number of carbonyl (C=O) groups excluding carboxylic acids is 2. The summed E-state index contributed by atoms with van der Waals surface area (Å²) in [7, 11) is 0. The minimum absolute atomic E-state index is 0.00400. The summed E-state index contributed by atoms with van der Waals surface area (Å²) in [5, 5.41) is 3.08. The first-order chi connectivity index (χ1) is 15.1. The smallest absolute Gasteiger partial charge is 0.324 e. The fourth-order valence-corrected chi connectivity index (χ4v) is 4.37. The lowest BCUT2D eigenvalue weighted by Gasteiger charge is -2.39. The van der Waals surface area contributed by atoms with Crippen molar-refractivity contribution in [2.45, 2.75) is 38.7 Å². The van der Waals surface area contributed by atoms with Gasteiger partial charge in [0.2, 0.25) is 5.91 Å². The van der Waals surface area contributed by atoms with Crippen molar-refractivity contribution in [2.24, 2.45) is 5.92 Å². The highest BCUT2D eigenvalue weighted by molar-refractivity contribution is 5.94. The van der Waals surface area contributed by atoms with Gasteiger partial charge in [-0.3, -0.25) is 9.69 Å². The SMILES string of the molecule is C[C@@H]1CN(C(=O)N2CCC(C(=O)NCCCc3ccccc3)CC2)c2ccccc2O1. The Morgan fingerprint density at radius 2 is 1.74 bits per heavy atom. The summed E-state index contributed by atoms with van der Waals surface area (Å²) >= 11 is 0. The zero-order chi connectivity index (χ0) is 21.6. The predicted molar refractivity (Wildman–Crippen MR) is 121 cm³/mol. The molecule has 0 radical (unpaired) electrons. The minimum Gasteiger partial charge on any atom is -0.487 e. The number of nitrogens with one attached hydrogen (secondary N) is 1. The molecule has 4 rings (SSSR count). The van der Waals surface area contributed by atoms with Crippen molar-refractivity contribution in [3.05, 3.63) is 60.2 Å². The molecule has 0 aromatic heterocycles. The van der Waals surface area contributed by atoms with Crippen LogP contribution >= 0.6 is 0 Å². The van der Waals surface area contributed by atoms with E-state index in [-0.39, 0.29) is 24.0 Å². The van der Waals surface area contributed by atoms with Gasteiger partial charge in [-0.2, -0.15) is 0 Å². The fraction of sp³-hybridized carbons (Fsp3) is 0.440. The summed E-state index contributed by atoms with van der Waals surface area (Å²) in [6, 6.07) is 18.0. The van der Waals surface area contributed by atoms with Crippen molar-refractivity contribution in [3.63, 3.8) is 0 Å². The number of carbonyl (C=O) groups is 2. The third kappa shape index (κ3) is 5.19. The lowest BCUT2D eigenvalue weighted by Crippen LogP contribution is -2.52. The molecule has 31 heavy (non-hydrogen) atoms. The maximum Gasteiger partial charge on any atom is 0.324 e. The lowest BCUT2D eigenvalue weighted by atomic mass is 9.96. The van der Waals surface area contributed by atoms with Gasteiger partial charge in [0.05, 0.1) is 12.2 Å². The van der Waals surface area contributed by atoms with Crippen molar-refractivity contribution >= 4 is 17.6 Å². The molecule has 6 nitrogen and oxygen atoms in total. The van der Waals surface area contributed by atoms with E-state index in [1.165, 1.54) is 5.56 Å². The highest BCUT2D eigenvalue weighted by Gasteiger charge is 2.33. The van der Waals surface area contributed by atoms with Crippen LogP contribution in [-0.4, -0.2) is 49.1 Å². The zero-order valence-electron chi connectivity index (χ0n) is 18.1. The molecule has 2 aliphatic heterocycles. The zero-order valence-corrected chi connectivity index (χ0v) is 18.1. The van der Waals surface area contributed by atoms with Crippen molar-refractivity contribution in [1.82, 2.24) is 10.2 Å². The molecule has 164 valence electrons. The van der Waals surface area contributed by atoms with E-state index in [0.29, 0.717) is 39.0 Å².